The summed E-state index contributed by atoms with van der Waals surface area (Å²) in [4.78, 5) is 0. The van der Waals surface area contributed by atoms with Crippen LogP contribution in [0.4, 0.5) is 14.5 Å². The van der Waals surface area contributed by atoms with E-state index in [1.54, 1.807) is 0 Å². The van der Waals surface area contributed by atoms with Gasteiger partial charge in [-0.25, -0.2) is 8.78 Å². The van der Waals surface area contributed by atoms with Crippen LogP contribution < -0.4 is 5.73 Å². The maximum Gasteiger partial charge on any atom is 0.168 e. The number of halogens is 4. The third kappa shape index (κ3) is 1.46. The van der Waals surface area contributed by atoms with Crippen molar-refractivity contribution in [2.75, 3.05) is 5.73 Å². The van der Waals surface area contributed by atoms with Crippen LogP contribution >= 0.6 is 27.5 Å². The predicted molar refractivity (Wildman–Crippen MR) is 43.5 cm³/mol. The molecule has 0 atom stereocenters. The summed E-state index contributed by atoms with van der Waals surface area (Å²) in [7, 11) is 0. The Morgan fingerprint density at radius 1 is 1.45 bits per heavy atom. The van der Waals surface area contributed by atoms with Crippen LogP contribution in [0.2, 0.25) is 5.02 Å². The molecule has 1 rings (SSSR count). The van der Waals surface area contributed by atoms with Crippen LogP contribution in [-0.2, 0) is 0 Å². The first-order chi connectivity index (χ1) is 5.04. The molecule has 0 saturated carbocycles. The van der Waals surface area contributed by atoms with Crippen molar-refractivity contribution in [3.05, 3.63) is 27.2 Å². The Labute approximate surface area is 75.3 Å². The summed E-state index contributed by atoms with van der Waals surface area (Å²) in [5, 5.41) is -0.205. The standard InChI is InChI=1S/C6H3BrClF2N/c7-2-1-3(9)6(11)5(10)4(2)8/h1H,11H2. The van der Waals surface area contributed by atoms with E-state index >= 15 is 0 Å². The molecule has 11 heavy (non-hydrogen) atoms. The Morgan fingerprint density at radius 3 is 2.55 bits per heavy atom. The van der Waals surface area contributed by atoms with E-state index < -0.39 is 17.3 Å². The summed E-state index contributed by atoms with van der Waals surface area (Å²) in [6, 6.07) is 1.01. The molecule has 0 fully saturated rings. The zero-order valence-corrected chi connectivity index (χ0v) is 7.51. The monoisotopic (exact) mass is 241 g/mol. The molecular weight excluding hydrogens is 239 g/mol. The van der Waals surface area contributed by atoms with Gasteiger partial charge >= 0.3 is 0 Å². The van der Waals surface area contributed by atoms with E-state index in [2.05, 4.69) is 15.9 Å². The topological polar surface area (TPSA) is 26.0 Å². The second-order valence-corrected chi connectivity index (χ2v) is 3.11. The summed E-state index contributed by atoms with van der Waals surface area (Å²) in [6.07, 6.45) is 0. The Balaban J connectivity index is 3.46. The number of hydrogen-bond donors (Lipinski definition) is 1. The molecule has 1 aromatic carbocycles. The SMILES string of the molecule is Nc1c(F)cc(Br)c(Cl)c1F. The highest BCUT2D eigenvalue weighted by molar-refractivity contribution is 9.10. The minimum Gasteiger partial charge on any atom is -0.394 e. The number of benzene rings is 1. The summed E-state index contributed by atoms with van der Waals surface area (Å²) in [6.45, 7) is 0. The fourth-order valence-corrected chi connectivity index (χ4v) is 1.11. The second kappa shape index (κ2) is 2.95. The van der Waals surface area contributed by atoms with Crippen molar-refractivity contribution in [2.24, 2.45) is 0 Å². The molecule has 0 aromatic heterocycles. The van der Waals surface area contributed by atoms with Gasteiger partial charge < -0.3 is 5.73 Å². The smallest absolute Gasteiger partial charge is 0.168 e. The number of nitrogens with two attached hydrogens (primary N) is 1. The molecule has 60 valence electrons. The van der Waals surface area contributed by atoms with E-state index in [-0.39, 0.29) is 9.50 Å². The van der Waals surface area contributed by atoms with E-state index in [0.29, 0.717) is 0 Å². The molecule has 1 nitrogen and oxygen atoms in total. The number of nitrogen functional groups attached to an aromatic ring is 1. The molecule has 2 N–H and O–H groups in total. The molecule has 1 aromatic rings. The average Bonchev–Trinajstić information content (AvgIpc) is 1.97. The summed E-state index contributed by atoms with van der Waals surface area (Å²) < 4.78 is 25.4. The van der Waals surface area contributed by atoms with Gasteiger partial charge in [-0.05, 0) is 22.0 Å². The zero-order chi connectivity index (χ0) is 8.59. The fourth-order valence-electron chi connectivity index (χ4n) is 0.580. The minimum absolute atomic E-state index is 0.156. The predicted octanol–water partition coefficient (Wildman–Crippen LogP) is 2.96. The first-order valence-corrected chi connectivity index (χ1v) is 3.79. The van der Waals surface area contributed by atoms with Gasteiger partial charge in [-0.15, -0.1) is 0 Å². The van der Waals surface area contributed by atoms with Crippen molar-refractivity contribution >= 4 is 33.2 Å². The minimum atomic E-state index is -0.932. The van der Waals surface area contributed by atoms with Crippen molar-refractivity contribution in [1.29, 1.82) is 0 Å². The average molecular weight is 242 g/mol. The highest BCUT2D eigenvalue weighted by atomic mass is 79.9. The van der Waals surface area contributed by atoms with Gasteiger partial charge in [-0.1, -0.05) is 11.6 Å². The summed E-state index contributed by atoms with van der Waals surface area (Å²) in [5.74, 6) is -1.75. The van der Waals surface area contributed by atoms with Crippen molar-refractivity contribution < 1.29 is 8.78 Å². The van der Waals surface area contributed by atoms with Crippen LogP contribution in [0.25, 0.3) is 0 Å². The molecular formula is C6H3BrClF2N. The van der Waals surface area contributed by atoms with Gasteiger partial charge in [0.25, 0.3) is 0 Å². The largest absolute Gasteiger partial charge is 0.394 e. The maximum absolute atomic E-state index is 12.7. The Kier molecular flexibility index (Phi) is 2.34. The normalized spacial score (nSPS) is 10.2. The molecule has 0 spiro atoms. The third-order valence-electron chi connectivity index (χ3n) is 1.15. The highest BCUT2D eigenvalue weighted by Gasteiger charge is 2.12. The Bertz CT molecular complexity index is 277. The quantitative estimate of drug-likeness (QED) is 0.422. The Hall–Kier alpha value is -0.350. The summed E-state index contributed by atoms with van der Waals surface area (Å²) in [5.41, 5.74) is 4.44. The fraction of sp³-hybridized carbons (Fsp3) is 0. The number of hydrogen-bond acceptors (Lipinski definition) is 1. The lowest BCUT2D eigenvalue weighted by atomic mass is 10.3. The molecule has 5 heteroatoms. The van der Waals surface area contributed by atoms with Crippen molar-refractivity contribution in [1.82, 2.24) is 0 Å². The molecule has 0 aliphatic rings. The van der Waals surface area contributed by atoms with E-state index in [0.717, 1.165) is 6.07 Å². The van der Waals surface area contributed by atoms with Crippen LogP contribution in [0, 0.1) is 11.6 Å². The highest BCUT2D eigenvalue weighted by Crippen LogP contribution is 2.30. The van der Waals surface area contributed by atoms with Crippen LogP contribution in [0.5, 0.6) is 0 Å². The Morgan fingerprint density at radius 2 is 2.00 bits per heavy atom. The molecule has 0 aliphatic heterocycles. The third-order valence-corrected chi connectivity index (χ3v) is 2.37. The van der Waals surface area contributed by atoms with Gasteiger partial charge in [0.2, 0.25) is 0 Å². The van der Waals surface area contributed by atoms with Crippen LogP contribution in [0.1, 0.15) is 0 Å². The number of rotatable bonds is 0. The second-order valence-electron chi connectivity index (χ2n) is 1.88. The van der Waals surface area contributed by atoms with Crippen LogP contribution in [0.3, 0.4) is 0 Å². The molecule has 0 saturated heterocycles. The van der Waals surface area contributed by atoms with Gasteiger partial charge in [-0.3, -0.25) is 0 Å². The van der Waals surface area contributed by atoms with E-state index in [4.69, 9.17) is 17.3 Å². The van der Waals surface area contributed by atoms with Gasteiger partial charge in [0.15, 0.2) is 5.82 Å². The van der Waals surface area contributed by atoms with Crippen LogP contribution in [0.15, 0.2) is 10.5 Å². The first kappa shape index (κ1) is 8.74. The van der Waals surface area contributed by atoms with Crippen LogP contribution in [-0.4, -0.2) is 0 Å². The molecule has 0 radical (unpaired) electrons. The van der Waals surface area contributed by atoms with E-state index in [9.17, 15) is 8.78 Å². The lowest BCUT2D eigenvalue weighted by molar-refractivity contribution is 0.590. The van der Waals surface area contributed by atoms with Crippen molar-refractivity contribution in [2.45, 2.75) is 0 Å². The molecule has 0 heterocycles. The van der Waals surface area contributed by atoms with Gasteiger partial charge in [0, 0.05) is 4.47 Å². The van der Waals surface area contributed by atoms with Crippen molar-refractivity contribution in [3.63, 3.8) is 0 Å². The first-order valence-electron chi connectivity index (χ1n) is 2.62. The molecule has 0 unspecified atom stereocenters. The number of anilines is 1. The molecule has 0 bridgehead atoms. The summed E-state index contributed by atoms with van der Waals surface area (Å²) >= 11 is 8.25. The van der Waals surface area contributed by atoms with Crippen molar-refractivity contribution in [3.8, 4) is 0 Å². The maximum atomic E-state index is 12.7. The lowest BCUT2D eigenvalue weighted by Gasteiger charge is -2.01. The van der Waals surface area contributed by atoms with Gasteiger partial charge in [0.1, 0.15) is 11.5 Å². The van der Waals surface area contributed by atoms with Gasteiger partial charge in [-0.2, -0.15) is 0 Å². The van der Waals surface area contributed by atoms with E-state index in [1.807, 2.05) is 0 Å². The van der Waals surface area contributed by atoms with Gasteiger partial charge in [0.05, 0.1) is 5.02 Å². The van der Waals surface area contributed by atoms with E-state index in [1.165, 1.54) is 0 Å². The molecule has 0 aliphatic carbocycles. The zero-order valence-electron chi connectivity index (χ0n) is 5.17. The lowest BCUT2D eigenvalue weighted by Crippen LogP contribution is -1.96. The molecule has 0 amide bonds.